The maximum atomic E-state index is 12.7. The lowest BCUT2D eigenvalue weighted by Crippen LogP contribution is -2.58. The second-order valence-corrected chi connectivity index (χ2v) is 7.14. The Morgan fingerprint density at radius 1 is 1.06 bits per heavy atom. The highest BCUT2D eigenvalue weighted by atomic mass is 32.1. The maximum absolute atomic E-state index is 12.7. The molecule has 15 heteroatoms. The maximum Gasteiger partial charge on any atom is 0.326 e. The number of aliphatic hydroxyl groups excluding tert-OH is 1. The van der Waals surface area contributed by atoms with E-state index in [9.17, 15) is 29.1 Å². The minimum Gasteiger partial charge on any atom is -0.480 e. The van der Waals surface area contributed by atoms with Gasteiger partial charge in [-0.3, -0.25) is 19.2 Å². The van der Waals surface area contributed by atoms with Gasteiger partial charge in [0, 0.05) is 30.5 Å². The molecule has 1 heterocycles. The van der Waals surface area contributed by atoms with Gasteiger partial charge in [-0.15, -0.1) is 0 Å². The van der Waals surface area contributed by atoms with Crippen molar-refractivity contribution in [2.75, 3.05) is 12.4 Å². The molecule has 4 amide bonds. The minimum absolute atomic E-state index is 0.105. The van der Waals surface area contributed by atoms with Crippen LogP contribution < -0.4 is 27.4 Å². The SMILES string of the molecule is NC(=O)CCC(NC(=O)C(CS)NC(=O)C(N)CO)C(=O)NC(Cc1cnc[nH]1)C(=O)O. The zero-order chi connectivity index (χ0) is 24.3. The Hall–Kier alpha value is -3.17. The van der Waals surface area contributed by atoms with E-state index in [2.05, 4.69) is 38.5 Å². The van der Waals surface area contributed by atoms with E-state index in [4.69, 9.17) is 16.6 Å². The molecule has 32 heavy (non-hydrogen) atoms. The molecule has 1 aromatic rings. The number of aliphatic hydroxyl groups is 1. The molecule has 14 nitrogen and oxygen atoms in total. The quantitative estimate of drug-likeness (QED) is 0.119. The molecule has 0 bridgehead atoms. The number of aromatic amines is 1. The lowest BCUT2D eigenvalue weighted by atomic mass is 10.1. The summed E-state index contributed by atoms with van der Waals surface area (Å²) in [6.45, 7) is -0.650. The third-order valence-corrected chi connectivity index (χ3v) is 4.62. The number of aromatic nitrogens is 2. The molecule has 1 rings (SSSR count). The van der Waals surface area contributed by atoms with Crippen molar-refractivity contribution in [3.8, 4) is 0 Å². The van der Waals surface area contributed by atoms with Crippen LogP contribution in [-0.2, 0) is 30.4 Å². The smallest absolute Gasteiger partial charge is 0.326 e. The number of aliphatic carboxylic acids is 1. The van der Waals surface area contributed by atoms with Crippen LogP contribution in [0.1, 0.15) is 18.5 Å². The highest BCUT2D eigenvalue weighted by Crippen LogP contribution is 2.04. The Labute approximate surface area is 188 Å². The fourth-order valence-electron chi connectivity index (χ4n) is 2.47. The summed E-state index contributed by atoms with van der Waals surface area (Å²) < 4.78 is 0. The van der Waals surface area contributed by atoms with E-state index >= 15 is 0 Å². The van der Waals surface area contributed by atoms with E-state index in [1.165, 1.54) is 12.5 Å². The second kappa shape index (κ2) is 13.3. The Kier molecular flexibility index (Phi) is 11.2. The van der Waals surface area contributed by atoms with Crippen LogP contribution in [0.4, 0.5) is 0 Å². The van der Waals surface area contributed by atoms with Crippen LogP contribution in [0.25, 0.3) is 0 Å². The number of carboxylic acids is 1. The zero-order valence-corrected chi connectivity index (χ0v) is 17.9. The van der Waals surface area contributed by atoms with Crippen LogP contribution in [0.3, 0.4) is 0 Å². The van der Waals surface area contributed by atoms with E-state index in [1.54, 1.807) is 0 Å². The van der Waals surface area contributed by atoms with E-state index < -0.39 is 60.4 Å². The summed E-state index contributed by atoms with van der Waals surface area (Å²) in [6, 6.07) is -5.16. The molecule has 10 N–H and O–H groups in total. The summed E-state index contributed by atoms with van der Waals surface area (Å²) in [5, 5.41) is 25.3. The summed E-state index contributed by atoms with van der Waals surface area (Å²) in [4.78, 5) is 66.3. The van der Waals surface area contributed by atoms with Crippen LogP contribution in [-0.4, -0.2) is 86.3 Å². The zero-order valence-electron chi connectivity index (χ0n) is 17.0. The van der Waals surface area contributed by atoms with Crippen molar-refractivity contribution in [1.82, 2.24) is 25.9 Å². The van der Waals surface area contributed by atoms with Crippen molar-refractivity contribution in [2.45, 2.75) is 43.4 Å². The number of nitrogens with zero attached hydrogens (tertiary/aromatic N) is 1. The molecule has 0 aromatic carbocycles. The van der Waals surface area contributed by atoms with Crippen LogP contribution in [0.5, 0.6) is 0 Å². The van der Waals surface area contributed by atoms with E-state index in [0.717, 1.165) is 0 Å². The largest absolute Gasteiger partial charge is 0.480 e. The van der Waals surface area contributed by atoms with Crippen molar-refractivity contribution in [3.05, 3.63) is 18.2 Å². The molecule has 0 saturated heterocycles. The first kappa shape index (κ1) is 26.9. The van der Waals surface area contributed by atoms with Crippen molar-refractivity contribution >= 4 is 42.2 Å². The first-order valence-corrected chi connectivity index (χ1v) is 10.1. The fourth-order valence-corrected chi connectivity index (χ4v) is 2.73. The average molecular weight is 474 g/mol. The highest BCUT2D eigenvalue weighted by Gasteiger charge is 2.30. The normalized spacial score (nSPS) is 14.5. The number of nitrogens with two attached hydrogens (primary N) is 2. The van der Waals surface area contributed by atoms with Crippen molar-refractivity contribution in [1.29, 1.82) is 0 Å². The molecule has 1 aromatic heterocycles. The van der Waals surface area contributed by atoms with Gasteiger partial charge in [0.05, 0.1) is 12.9 Å². The number of carboxylic acid groups (broad SMARTS) is 1. The number of primary amides is 1. The summed E-state index contributed by atoms with van der Waals surface area (Å²) in [6.07, 6.45) is 2.15. The number of nitrogens with one attached hydrogen (secondary N) is 4. The standard InChI is InChI=1S/C17H27N7O7S/c18-9(5-25)14(27)24-12(6-32)16(29)22-10(1-2-13(19)26)15(28)23-11(17(30)31)3-8-4-20-7-21-8/h4,7,9-12,25,32H,1-3,5-6,18H2,(H2,19,26)(H,20,21)(H,22,29)(H,23,28)(H,24,27)(H,30,31). The molecule has 0 aliphatic heterocycles. The Balaban J connectivity index is 2.90. The number of thiol groups is 1. The molecule has 0 radical (unpaired) electrons. The first-order chi connectivity index (χ1) is 15.1. The van der Waals surface area contributed by atoms with Gasteiger partial charge < -0.3 is 42.6 Å². The van der Waals surface area contributed by atoms with E-state index in [1.807, 2.05) is 0 Å². The lowest BCUT2D eigenvalue weighted by molar-refractivity contribution is -0.142. The Morgan fingerprint density at radius 2 is 1.66 bits per heavy atom. The van der Waals surface area contributed by atoms with Gasteiger partial charge in [-0.05, 0) is 6.42 Å². The van der Waals surface area contributed by atoms with Gasteiger partial charge >= 0.3 is 5.97 Å². The molecular formula is C17H27N7O7S. The summed E-state index contributed by atoms with van der Waals surface area (Å²) in [7, 11) is 0. The van der Waals surface area contributed by atoms with Crippen molar-refractivity contribution in [3.63, 3.8) is 0 Å². The molecule has 178 valence electrons. The molecule has 4 unspecified atom stereocenters. The van der Waals surface area contributed by atoms with Crippen LogP contribution in [0, 0.1) is 0 Å². The summed E-state index contributed by atoms with van der Waals surface area (Å²) in [5.41, 5.74) is 11.0. The van der Waals surface area contributed by atoms with Gasteiger partial charge in [-0.2, -0.15) is 12.6 Å². The van der Waals surface area contributed by atoms with Crippen LogP contribution >= 0.6 is 12.6 Å². The number of carbonyl (C=O) groups is 5. The van der Waals surface area contributed by atoms with E-state index in [0.29, 0.717) is 5.69 Å². The molecular weight excluding hydrogens is 446 g/mol. The minimum atomic E-state index is -1.35. The number of hydrogen-bond donors (Lipinski definition) is 9. The molecule has 0 spiro atoms. The summed E-state index contributed by atoms with van der Waals surface area (Å²) >= 11 is 3.98. The number of carbonyl (C=O) groups excluding carboxylic acids is 4. The molecule has 0 fully saturated rings. The van der Waals surface area contributed by atoms with Gasteiger partial charge in [0.15, 0.2) is 0 Å². The van der Waals surface area contributed by atoms with Gasteiger partial charge in [0.1, 0.15) is 24.2 Å². The highest BCUT2D eigenvalue weighted by molar-refractivity contribution is 7.80. The molecule has 4 atom stereocenters. The fraction of sp³-hybridized carbons (Fsp3) is 0.529. The second-order valence-electron chi connectivity index (χ2n) is 6.78. The molecule has 0 aliphatic carbocycles. The van der Waals surface area contributed by atoms with E-state index in [-0.39, 0.29) is 25.0 Å². The molecule has 0 saturated carbocycles. The molecule has 0 aliphatic rings. The topological polar surface area (TPSA) is 243 Å². The van der Waals surface area contributed by atoms with Crippen LogP contribution in [0.2, 0.25) is 0 Å². The number of H-pyrrole nitrogens is 1. The number of rotatable bonds is 14. The average Bonchev–Trinajstić information content (AvgIpc) is 3.26. The van der Waals surface area contributed by atoms with Crippen LogP contribution in [0.15, 0.2) is 12.5 Å². The third kappa shape index (κ3) is 8.91. The monoisotopic (exact) mass is 473 g/mol. The predicted octanol–water partition coefficient (Wildman–Crippen LogP) is -3.99. The Morgan fingerprint density at radius 3 is 2.16 bits per heavy atom. The van der Waals surface area contributed by atoms with Gasteiger partial charge in [0.25, 0.3) is 0 Å². The van der Waals surface area contributed by atoms with Crippen molar-refractivity contribution < 1.29 is 34.2 Å². The third-order valence-electron chi connectivity index (χ3n) is 4.25. The van der Waals surface area contributed by atoms with Gasteiger partial charge in [-0.1, -0.05) is 0 Å². The van der Waals surface area contributed by atoms with Crippen molar-refractivity contribution in [2.24, 2.45) is 11.5 Å². The number of amides is 4. The van der Waals surface area contributed by atoms with Gasteiger partial charge in [-0.25, -0.2) is 9.78 Å². The summed E-state index contributed by atoms with van der Waals surface area (Å²) in [5.74, 6) is -4.75. The predicted molar refractivity (Wildman–Crippen MR) is 113 cm³/mol. The lowest BCUT2D eigenvalue weighted by Gasteiger charge is -2.24. The Bertz CT molecular complexity index is 805. The van der Waals surface area contributed by atoms with Gasteiger partial charge in [0.2, 0.25) is 23.6 Å². The number of hydrogen-bond acceptors (Lipinski definition) is 9. The number of imidazole rings is 1. The first-order valence-electron chi connectivity index (χ1n) is 9.45.